The third kappa shape index (κ3) is 5.29. The Hall–Kier alpha value is -2.09. The van der Waals surface area contributed by atoms with E-state index in [-0.39, 0.29) is 34.8 Å². The van der Waals surface area contributed by atoms with E-state index in [4.69, 9.17) is 4.74 Å². The zero-order chi connectivity index (χ0) is 24.5. The standard InChI is InChI=1S/C29H36FN2O3.BrH/c1-29(24-10-4-2-5-11-24,31-15-6-3-7-16-31)28(34)35-27-21-32(17-13-22(27)14-18-32)20-26(33)23-9-8-12-25(30)19-23;/h2,4-5,8-12,19,22,27H,3,6-7,13-18,20-21H2,1H3;1H/q+1;/p-1/t22?,27-,29-,32?;/m0./s1. The molecule has 4 fully saturated rings. The van der Waals surface area contributed by atoms with Gasteiger partial charge in [0.25, 0.3) is 0 Å². The SMILES string of the molecule is C[C@@](C(=O)O[C@H]1C[N+]2(CC(=O)c3cccc(F)c3)CCC1CC2)(c1ccccc1)N1CCCCC1.[Br-]. The highest BCUT2D eigenvalue weighted by atomic mass is 79.9. The van der Waals surface area contributed by atoms with Crippen molar-refractivity contribution in [1.82, 2.24) is 4.90 Å². The van der Waals surface area contributed by atoms with Crippen LogP contribution in [0.15, 0.2) is 54.6 Å². The first-order valence-corrected chi connectivity index (χ1v) is 13.1. The Balaban J connectivity index is 0.00000304. The van der Waals surface area contributed by atoms with Gasteiger partial charge in [-0.2, -0.15) is 0 Å². The van der Waals surface area contributed by atoms with Crippen molar-refractivity contribution in [1.29, 1.82) is 0 Å². The van der Waals surface area contributed by atoms with E-state index in [1.165, 1.54) is 18.6 Å². The lowest BCUT2D eigenvalue weighted by Gasteiger charge is -2.52. The molecule has 4 aliphatic heterocycles. The number of ketones is 1. The molecule has 7 heteroatoms. The van der Waals surface area contributed by atoms with Crippen molar-refractivity contribution in [2.45, 2.75) is 50.7 Å². The van der Waals surface area contributed by atoms with Crippen LogP contribution in [0.4, 0.5) is 4.39 Å². The van der Waals surface area contributed by atoms with Crippen LogP contribution in [0.5, 0.6) is 0 Å². The first-order chi connectivity index (χ1) is 16.9. The molecule has 4 heterocycles. The van der Waals surface area contributed by atoms with Gasteiger partial charge in [-0.15, -0.1) is 0 Å². The van der Waals surface area contributed by atoms with Gasteiger partial charge in [0, 0.05) is 24.3 Å². The highest BCUT2D eigenvalue weighted by Gasteiger charge is 2.51. The number of rotatable bonds is 7. The molecule has 36 heavy (non-hydrogen) atoms. The number of carbonyl (C=O) groups excluding carboxylic acids is 2. The lowest BCUT2D eigenvalue weighted by Crippen LogP contribution is -3.00. The van der Waals surface area contributed by atoms with Crippen LogP contribution in [0.25, 0.3) is 0 Å². The van der Waals surface area contributed by atoms with Gasteiger partial charge < -0.3 is 26.2 Å². The molecule has 0 saturated carbocycles. The second-order valence-corrected chi connectivity index (χ2v) is 10.8. The van der Waals surface area contributed by atoms with Crippen LogP contribution in [-0.4, -0.2) is 66.5 Å². The van der Waals surface area contributed by atoms with Gasteiger partial charge in [0.05, 0.1) is 13.1 Å². The summed E-state index contributed by atoms with van der Waals surface area (Å²) in [6, 6.07) is 15.9. The summed E-state index contributed by atoms with van der Waals surface area (Å²) in [7, 11) is 0. The van der Waals surface area contributed by atoms with Crippen molar-refractivity contribution < 1.29 is 40.2 Å². The van der Waals surface area contributed by atoms with Crippen molar-refractivity contribution in [2.24, 2.45) is 5.92 Å². The number of nitrogens with zero attached hydrogens (tertiary/aromatic N) is 2. The normalized spacial score (nSPS) is 27.5. The van der Waals surface area contributed by atoms with Crippen molar-refractivity contribution in [3.63, 3.8) is 0 Å². The predicted octanol–water partition coefficient (Wildman–Crippen LogP) is 1.57. The van der Waals surface area contributed by atoms with Gasteiger partial charge in [0.1, 0.15) is 24.4 Å². The number of fused-ring (bicyclic) bond motifs is 3. The minimum absolute atomic E-state index is 0. The van der Waals surface area contributed by atoms with E-state index in [0.717, 1.165) is 57.4 Å². The van der Waals surface area contributed by atoms with Gasteiger partial charge >= 0.3 is 5.97 Å². The molecule has 6 rings (SSSR count). The summed E-state index contributed by atoms with van der Waals surface area (Å²) in [4.78, 5) is 29.2. The van der Waals surface area contributed by atoms with E-state index in [0.29, 0.717) is 29.1 Å². The molecule has 0 N–H and O–H groups in total. The molecule has 2 atom stereocenters. The van der Waals surface area contributed by atoms with Crippen LogP contribution in [0, 0.1) is 11.7 Å². The fourth-order valence-electron chi connectivity index (χ4n) is 6.42. The molecular weight excluding hydrogens is 523 g/mol. The number of carbonyl (C=O) groups is 2. The number of hydrogen-bond acceptors (Lipinski definition) is 4. The Morgan fingerprint density at radius 1 is 1.03 bits per heavy atom. The molecule has 194 valence electrons. The topological polar surface area (TPSA) is 46.6 Å². The van der Waals surface area contributed by atoms with Crippen LogP contribution in [0.3, 0.4) is 0 Å². The van der Waals surface area contributed by atoms with E-state index >= 15 is 0 Å². The van der Waals surface area contributed by atoms with Crippen molar-refractivity contribution in [2.75, 3.05) is 39.3 Å². The fraction of sp³-hybridized carbons (Fsp3) is 0.517. The zero-order valence-electron chi connectivity index (χ0n) is 21.0. The summed E-state index contributed by atoms with van der Waals surface area (Å²) in [5.41, 5.74) is 0.564. The van der Waals surface area contributed by atoms with Crippen LogP contribution in [0.1, 0.15) is 54.9 Å². The molecule has 0 unspecified atom stereocenters. The molecule has 5 nitrogen and oxygen atoms in total. The minimum atomic E-state index is -0.823. The number of benzene rings is 2. The number of ether oxygens (including phenoxy) is 1. The van der Waals surface area contributed by atoms with Gasteiger partial charge in [0.2, 0.25) is 5.78 Å². The molecule has 0 aromatic heterocycles. The molecule has 2 aromatic rings. The molecule has 4 aliphatic rings. The third-order valence-electron chi connectivity index (χ3n) is 8.65. The molecule has 0 radical (unpaired) electrons. The lowest BCUT2D eigenvalue weighted by molar-refractivity contribution is -0.938. The molecule has 0 spiro atoms. The average molecular weight is 560 g/mol. The summed E-state index contributed by atoms with van der Waals surface area (Å²) < 4.78 is 20.7. The van der Waals surface area contributed by atoms with Gasteiger partial charge in [-0.05, 0) is 50.6 Å². The monoisotopic (exact) mass is 558 g/mol. The van der Waals surface area contributed by atoms with Crippen molar-refractivity contribution >= 4 is 11.8 Å². The minimum Gasteiger partial charge on any atom is -1.00 e. The quantitative estimate of drug-likeness (QED) is 0.294. The summed E-state index contributed by atoms with van der Waals surface area (Å²) in [5, 5.41) is 0. The highest BCUT2D eigenvalue weighted by Crippen LogP contribution is 2.39. The number of halogens is 2. The Labute approximate surface area is 224 Å². The Morgan fingerprint density at radius 3 is 2.39 bits per heavy atom. The van der Waals surface area contributed by atoms with Crippen LogP contribution >= 0.6 is 0 Å². The van der Waals surface area contributed by atoms with Gasteiger partial charge in [-0.25, -0.2) is 9.18 Å². The van der Waals surface area contributed by atoms with E-state index in [2.05, 4.69) is 4.90 Å². The molecule has 2 aromatic carbocycles. The summed E-state index contributed by atoms with van der Waals surface area (Å²) >= 11 is 0. The second-order valence-electron chi connectivity index (χ2n) is 10.8. The summed E-state index contributed by atoms with van der Waals surface area (Å²) in [5.74, 6) is -0.279. The van der Waals surface area contributed by atoms with Crippen molar-refractivity contribution in [3.8, 4) is 0 Å². The van der Waals surface area contributed by atoms with E-state index < -0.39 is 11.4 Å². The first-order valence-electron chi connectivity index (χ1n) is 13.1. The number of esters is 1. The number of likely N-dealkylation sites (tertiary alicyclic amines) is 1. The maximum absolute atomic E-state index is 13.9. The number of piperidine rings is 4. The van der Waals surface area contributed by atoms with Crippen LogP contribution in [-0.2, 0) is 15.1 Å². The molecule has 0 aliphatic carbocycles. The Bertz CT molecular complexity index is 1070. The van der Waals surface area contributed by atoms with E-state index in [1.807, 2.05) is 37.3 Å². The largest absolute Gasteiger partial charge is 1.00 e. The lowest BCUT2D eigenvalue weighted by atomic mass is 9.82. The molecular formula is C29H36BrFN2O3. The van der Waals surface area contributed by atoms with E-state index in [9.17, 15) is 14.0 Å². The number of quaternary nitrogens is 1. The smallest absolute Gasteiger partial charge is 0.331 e. The molecule has 0 amide bonds. The van der Waals surface area contributed by atoms with Crippen LogP contribution in [0.2, 0.25) is 0 Å². The summed E-state index contributed by atoms with van der Waals surface area (Å²) in [6.07, 6.45) is 5.06. The highest BCUT2D eigenvalue weighted by molar-refractivity contribution is 5.97. The van der Waals surface area contributed by atoms with Gasteiger partial charge in [-0.1, -0.05) is 48.9 Å². The van der Waals surface area contributed by atoms with E-state index in [1.54, 1.807) is 12.1 Å². The van der Waals surface area contributed by atoms with Crippen molar-refractivity contribution in [3.05, 3.63) is 71.5 Å². The maximum Gasteiger partial charge on any atom is 0.331 e. The average Bonchev–Trinajstić information content (AvgIpc) is 2.89. The van der Waals surface area contributed by atoms with Gasteiger partial charge in [-0.3, -0.25) is 9.69 Å². The molecule has 2 bridgehead atoms. The fourth-order valence-corrected chi connectivity index (χ4v) is 6.42. The maximum atomic E-state index is 13.9. The zero-order valence-corrected chi connectivity index (χ0v) is 22.6. The van der Waals surface area contributed by atoms with Crippen LogP contribution < -0.4 is 17.0 Å². The predicted molar refractivity (Wildman–Crippen MR) is 132 cm³/mol. The second kappa shape index (κ2) is 11.1. The molecule has 4 saturated heterocycles. The Kier molecular flexibility index (Phi) is 8.32. The Morgan fingerprint density at radius 2 is 1.72 bits per heavy atom. The first kappa shape index (κ1) is 27.0. The summed E-state index contributed by atoms with van der Waals surface area (Å²) in [6.45, 7) is 6.57. The number of hydrogen-bond donors (Lipinski definition) is 0. The van der Waals surface area contributed by atoms with Gasteiger partial charge in [0.15, 0.2) is 6.10 Å². The third-order valence-corrected chi connectivity index (χ3v) is 8.65. The number of Topliss-reactive ketones (excluding diaryl/α,β-unsaturated/α-hetero) is 1.